The van der Waals surface area contributed by atoms with Crippen LogP contribution in [0.1, 0.15) is 21.1 Å². The maximum atomic E-state index is 12.5. The SMILES string of the molecule is CN(C)C(=O)c1nnn(-c2ccc(NC(=O)c3cnc4ccccc4n3)cc2)n1. The fraction of sp³-hybridized carbons (Fsp3) is 0.105. The lowest BCUT2D eigenvalue weighted by molar-refractivity contribution is 0.0815. The van der Waals surface area contributed by atoms with Gasteiger partial charge in [-0.3, -0.25) is 14.6 Å². The van der Waals surface area contributed by atoms with Gasteiger partial charge < -0.3 is 10.2 Å². The molecule has 144 valence electrons. The van der Waals surface area contributed by atoms with Gasteiger partial charge in [-0.2, -0.15) is 0 Å². The molecule has 4 aromatic rings. The molecule has 0 saturated carbocycles. The van der Waals surface area contributed by atoms with Gasteiger partial charge in [-0.15, -0.1) is 15.0 Å². The van der Waals surface area contributed by atoms with Gasteiger partial charge in [-0.1, -0.05) is 12.1 Å². The van der Waals surface area contributed by atoms with Crippen molar-refractivity contribution in [1.82, 2.24) is 35.1 Å². The number of anilines is 1. The molecule has 0 bridgehead atoms. The Bertz CT molecular complexity index is 1200. The van der Waals surface area contributed by atoms with Crippen LogP contribution in [0.15, 0.2) is 54.7 Å². The molecule has 4 rings (SSSR count). The van der Waals surface area contributed by atoms with Gasteiger partial charge in [-0.25, -0.2) is 4.98 Å². The maximum absolute atomic E-state index is 12.5. The highest BCUT2D eigenvalue weighted by Crippen LogP contribution is 2.14. The number of hydrogen-bond donors (Lipinski definition) is 1. The summed E-state index contributed by atoms with van der Waals surface area (Å²) in [7, 11) is 3.22. The molecular formula is C19H16N8O2. The van der Waals surface area contributed by atoms with E-state index in [0.717, 1.165) is 5.52 Å². The fourth-order valence-corrected chi connectivity index (χ4v) is 2.55. The summed E-state index contributed by atoms with van der Waals surface area (Å²) in [5.41, 5.74) is 2.76. The zero-order valence-corrected chi connectivity index (χ0v) is 15.6. The number of tetrazole rings is 1. The topological polar surface area (TPSA) is 119 Å². The Hall–Kier alpha value is -4.21. The van der Waals surface area contributed by atoms with E-state index in [-0.39, 0.29) is 23.3 Å². The van der Waals surface area contributed by atoms with E-state index < -0.39 is 0 Å². The van der Waals surface area contributed by atoms with Crippen LogP contribution in [-0.2, 0) is 0 Å². The van der Waals surface area contributed by atoms with Crippen molar-refractivity contribution in [3.63, 3.8) is 0 Å². The maximum Gasteiger partial charge on any atom is 0.294 e. The molecule has 0 fully saturated rings. The lowest BCUT2D eigenvalue weighted by Gasteiger charge is -2.06. The van der Waals surface area contributed by atoms with Crippen LogP contribution in [0.25, 0.3) is 16.7 Å². The van der Waals surface area contributed by atoms with Crippen molar-refractivity contribution >= 4 is 28.5 Å². The molecule has 2 heterocycles. The van der Waals surface area contributed by atoms with Crippen molar-refractivity contribution in [2.75, 3.05) is 19.4 Å². The summed E-state index contributed by atoms with van der Waals surface area (Å²) >= 11 is 0. The summed E-state index contributed by atoms with van der Waals surface area (Å²) < 4.78 is 0. The van der Waals surface area contributed by atoms with Gasteiger partial charge in [0.05, 0.1) is 22.9 Å². The molecule has 29 heavy (non-hydrogen) atoms. The van der Waals surface area contributed by atoms with Gasteiger partial charge >= 0.3 is 0 Å². The van der Waals surface area contributed by atoms with E-state index in [0.29, 0.717) is 16.9 Å². The van der Waals surface area contributed by atoms with Gasteiger partial charge in [0.25, 0.3) is 17.6 Å². The Kier molecular flexibility index (Phi) is 4.65. The summed E-state index contributed by atoms with van der Waals surface area (Å²) in [4.78, 5) is 35.5. The number of aromatic nitrogens is 6. The number of carbonyl (C=O) groups excluding carboxylic acids is 2. The van der Waals surface area contributed by atoms with E-state index in [1.807, 2.05) is 18.2 Å². The van der Waals surface area contributed by atoms with Crippen LogP contribution in [0, 0.1) is 0 Å². The lowest BCUT2D eigenvalue weighted by atomic mass is 10.2. The number of rotatable bonds is 4. The van der Waals surface area contributed by atoms with Gasteiger partial charge in [0, 0.05) is 19.8 Å². The van der Waals surface area contributed by atoms with Gasteiger partial charge in [-0.05, 0) is 41.6 Å². The number of amides is 2. The summed E-state index contributed by atoms with van der Waals surface area (Å²) in [6, 6.07) is 14.1. The van der Waals surface area contributed by atoms with Crippen molar-refractivity contribution in [3.05, 3.63) is 66.2 Å². The number of nitrogens with one attached hydrogen (secondary N) is 1. The van der Waals surface area contributed by atoms with E-state index in [1.54, 1.807) is 44.4 Å². The Morgan fingerprint density at radius 1 is 1.00 bits per heavy atom. The molecule has 10 heteroatoms. The molecule has 0 aliphatic heterocycles. The number of para-hydroxylation sites is 2. The molecule has 0 aliphatic rings. The number of carbonyl (C=O) groups is 2. The minimum Gasteiger partial charge on any atom is -0.342 e. The van der Waals surface area contributed by atoms with Crippen LogP contribution in [0.5, 0.6) is 0 Å². The Balaban J connectivity index is 1.49. The molecule has 2 aromatic carbocycles. The van der Waals surface area contributed by atoms with Crippen LogP contribution in [0.4, 0.5) is 5.69 Å². The second-order valence-corrected chi connectivity index (χ2v) is 6.35. The molecule has 10 nitrogen and oxygen atoms in total. The molecular weight excluding hydrogens is 372 g/mol. The van der Waals surface area contributed by atoms with Crippen LogP contribution >= 0.6 is 0 Å². The third kappa shape index (κ3) is 3.76. The lowest BCUT2D eigenvalue weighted by Crippen LogP contribution is -2.23. The minimum atomic E-state index is -0.367. The van der Waals surface area contributed by atoms with Gasteiger partial charge in [0.1, 0.15) is 5.69 Å². The summed E-state index contributed by atoms with van der Waals surface area (Å²) in [5, 5.41) is 14.5. The average Bonchev–Trinajstić information content (AvgIpc) is 3.23. The van der Waals surface area contributed by atoms with Gasteiger partial charge in [0.2, 0.25) is 0 Å². The standard InChI is InChI=1S/C19H16N8O2/c1-26(2)19(29)17-23-25-27(24-17)13-9-7-12(8-10-13)21-18(28)16-11-20-14-5-3-4-6-15(14)22-16/h3-11H,1-2H3,(H,21,28). The van der Waals surface area contributed by atoms with Crippen molar-refractivity contribution < 1.29 is 9.59 Å². The highest BCUT2D eigenvalue weighted by Gasteiger charge is 2.15. The second-order valence-electron chi connectivity index (χ2n) is 6.35. The average molecular weight is 388 g/mol. The summed E-state index contributed by atoms with van der Waals surface area (Å²) in [6.45, 7) is 0. The molecule has 2 aromatic heterocycles. The molecule has 0 spiro atoms. The first-order chi connectivity index (χ1) is 14.0. The number of nitrogens with zero attached hydrogens (tertiary/aromatic N) is 7. The van der Waals surface area contributed by atoms with E-state index in [1.165, 1.54) is 15.9 Å². The predicted molar refractivity (Wildman–Crippen MR) is 105 cm³/mol. The van der Waals surface area contributed by atoms with E-state index in [2.05, 4.69) is 30.7 Å². The van der Waals surface area contributed by atoms with Crippen LogP contribution in [0.2, 0.25) is 0 Å². The second kappa shape index (κ2) is 7.43. The van der Waals surface area contributed by atoms with Crippen LogP contribution in [-0.4, -0.2) is 61.0 Å². The van der Waals surface area contributed by atoms with Crippen LogP contribution in [0.3, 0.4) is 0 Å². The molecule has 0 aliphatic carbocycles. The minimum absolute atomic E-state index is 0.00209. The van der Waals surface area contributed by atoms with E-state index in [4.69, 9.17) is 0 Å². The summed E-state index contributed by atoms with van der Waals surface area (Å²) in [6.07, 6.45) is 1.44. The summed E-state index contributed by atoms with van der Waals surface area (Å²) in [5.74, 6) is -0.701. The fourth-order valence-electron chi connectivity index (χ4n) is 2.55. The first kappa shape index (κ1) is 18.2. The monoisotopic (exact) mass is 388 g/mol. The quantitative estimate of drug-likeness (QED) is 0.563. The third-order valence-electron chi connectivity index (χ3n) is 4.05. The molecule has 0 unspecified atom stereocenters. The third-order valence-corrected chi connectivity index (χ3v) is 4.05. The molecule has 0 radical (unpaired) electrons. The molecule has 0 atom stereocenters. The van der Waals surface area contributed by atoms with E-state index >= 15 is 0 Å². The number of hydrogen-bond acceptors (Lipinski definition) is 7. The Labute approximate surface area is 165 Å². The van der Waals surface area contributed by atoms with Crippen molar-refractivity contribution in [1.29, 1.82) is 0 Å². The predicted octanol–water partition coefficient (Wildman–Crippen LogP) is 1.56. The highest BCUT2D eigenvalue weighted by atomic mass is 16.2. The zero-order chi connectivity index (χ0) is 20.4. The highest BCUT2D eigenvalue weighted by molar-refractivity contribution is 6.03. The van der Waals surface area contributed by atoms with Crippen molar-refractivity contribution in [3.8, 4) is 5.69 Å². The Morgan fingerprint density at radius 2 is 1.72 bits per heavy atom. The van der Waals surface area contributed by atoms with Crippen LogP contribution < -0.4 is 5.32 Å². The number of benzene rings is 2. The first-order valence-corrected chi connectivity index (χ1v) is 8.66. The van der Waals surface area contributed by atoms with Crippen molar-refractivity contribution in [2.24, 2.45) is 0 Å². The van der Waals surface area contributed by atoms with E-state index in [9.17, 15) is 9.59 Å². The van der Waals surface area contributed by atoms with Crippen molar-refractivity contribution in [2.45, 2.75) is 0 Å². The molecule has 0 saturated heterocycles. The largest absolute Gasteiger partial charge is 0.342 e. The smallest absolute Gasteiger partial charge is 0.294 e. The normalized spacial score (nSPS) is 10.7. The molecule has 2 amide bonds. The molecule has 1 N–H and O–H groups in total. The first-order valence-electron chi connectivity index (χ1n) is 8.66. The zero-order valence-electron chi connectivity index (χ0n) is 15.6. The van der Waals surface area contributed by atoms with Gasteiger partial charge in [0.15, 0.2) is 0 Å². The number of fused-ring (bicyclic) bond motifs is 1. The Morgan fingerprint density at radius 3 is 2.45 bits per heavy atom.